The molecule has 1 aromatic heterocycles. The van der Waals surface area contributed by atoms with E-state index in [2.05, 4.69) is 70.1 Å². The Labute approximate surface area is 185 Å². The van der Waals surface area contributed by atoms with Crippen molar-refractivity contribution in [3.63, 3.8) is 0 Å². The SMILES string of the molecule is CCNC(=NCC(C)c1ccc(C)cc1)N1CCN(c2ncccn2)CC1.I. The molecule has 0 saturated carbocycles. The standard InChI is InChI=1S/C21H30N6.HI/c1-4-22-20(25-16-18(3)19-8-6-17(2)7-9-19)26-12-14-27(15-13-26)21-23-10-5-11-24-21;/h5-11,18H,4,12-16H2,1-3H3,(H,22,25);1H. The maximum Gasteiger partial charge on any atom is 0.225 e. The van der Waals surface area contributed by atoms with Crippen LogP contribution in [0.15, 0.2) is 47.7 Å². The van der Waals surface area contributed by atoms with Crippen molar-refractivity contribution < 1.29 is 0 Å². The quantitative estimate of drug-likeness (QED) is 0.393. The number of guanidine groups is 1. The van der Waals surface area contributed by atoms with Gasteiger partial charge in [-0.1, -0.05) is 36.8 Å². The lowest BCUT2D eigenvalue weighted by Gasteiger charge is -2.36. The Kier molecular flexibility index (Phi) is 8.95. The van der Waals surface area contributed by atoms with Crippen LogP contribution in [0.1, 0.15) is 30.9 Å². The normalized spacial score (nSPS) is 15.8. The average Bonchev–Trinajstić information content (AvgIpc) is 2.72. The van der Waals surface area contributed by atoms with E-state index in [1.165, 1.54) is 11.1 Å². The second-order valence-corrected chi connectivity index (χ2v) is 7.03. The van der Waals surface area contributed by atoms with Gasteiger partial charge in [0.1, 0.15) is 0 Å². The van der Waals surface area contributed by atoms with Crippen molar-refractivity contribution in [1.82, 2.24) is 20.2 Å². The van der Waals surface area contributed by atoms with Crippen LogP contribution >= 0.6 is 24.0 Å². The minimum absolute atomic E-state index is 0. The molecule has 1 fully saturated rings. The number of halogens is 1. The fourth-order valence-corrected chi connectivity index (χ4v) is 3.22. The molecule has 1 N–H and O–H groups in total. The van der Waals surface area contributed by atoms with E-state index < -0.39 is 0 Å². The monoisotopic (exact) mass is 494 g/mol. The predicted octanol–water partition coefficient (Wildman–Crippen LogP) is 3.29. The summed E-state index contributed by atoms with van der Waals surface area (Å²) in [6.45, 7) is 11.8. The van der Waals surface area contributed by atoms with Crippen LogP contribution in [0.2, 0.25) is 0 Å². The van der Waals surface area contributed by atoms with E-state index in [0.29, 0.717) is 5.92 Å². The molecule has 1 aliphatic heterocycles. The number of hydrogen-bond donors (Lipinski definition) is 1. The summed E-state index contributed by atoms with van der Waals surface area (Å²) in [6, 6.07) is 10.6. The number of piperazine rings is 1. The van der Waals surface area contributed by atoms with Gasteiger partial charge in [-0.15, -0.1) is 24.0 Å². The Hall–Kier alpha value is -1.90. The van der Waals surface area contributed by atoms with Crippen LogP contribution in [0.5, 0.6) is 0 Å². The van der Waals surface area contributed by atoms with Crippen molar-refractivity contribution in [2.45, 2.75) is 26.7 Å². The lowest BCUT2D eigenvalue weighted by molar-refractivity contribution is 0.370. The topological polar surface area (TPSA) is 56.7 Å². The van der Waals surface area contributed by atoms with Crippen LogP contribution in [0.3, 0.4) is 0 Å². The van der Waals surface area contributed by atoms with Gasteiger partial charge >= 0.3 is 0 Å². The molecule has 1 unspecified atom stereocenters. The summed E-state index contributed by atoms with van der Waals surface area (Å²) in [5.74, 6) is 2.22. The third kappa shape index (κ3) is 6.05. The first-order chi connectivity index (χ1) is 13.2. The number of rotatable bonds is 5. The van der Waals surface area contributed by atoms with E-state index in [1.54, 1.807) is 12.4 Å². The molecule has 1 atom stereocenters. The molecule has 7 heteroatoms. The highest BCUT2D eigenvalue weighted by Gasteiger charge is 2.21. The van der Waals surface area contributed by atoms with Crippen molar-refractivity contribution in [3.05, 3.63) is 53.9 Å². The summed E-state index contributed by atoms with van der Waals surface area (Å²) in [5, 5.41) is 3.45. The van der Waals surface area contributed by atoms with Crippen molar-refractivity contribution in [2.24, 2.45) is 4.99 Å². The molecule has 3 rings (SSSR count). The van der Waals surface area contributed by atoms with Gasteiger partial charge < -0.3 is 15.1 Å². The zero-order valence-corrected chi connectivity index (χ0v) is 19.3. The van der Waals surface area contributed by atoms with Crippen molar-refractivity contribution in [1.29, 1.82) is 0 Å². The van der Waals surface area contributed by atoms with E-state index in [9.17, 15) is 0 Å². The van der Waals surface area contributed by atoms with Gasteiger partial charge in [-0.25, -0.2) is 9.97 Å². The summed E-state index contributed by atoms with van der Waals surface area (Å²) in [6.07, 6.45) is 3.60. The van der Waals surface area contributed by atoms with Crippen molar-refractivity contribution >= 4 is 35.9 Å². The molecule has 0 bridgehead atoms. The molecule has 0 aliphatic carbocycles. The first kappa shape index (κ1) is 22.4. The van der Waals surface area contributed by atoms with Crippen LogP contribution in [-0.2, 0) is 0 Å². The largest absolute Gasteiger partial charge is 0.357 e. The Morgan fingerprint density at radius 2 is 1.75 bits per heavy atom. The second kappa shape index (κ2) is 11.2. The Bertz CT molecular complexity index is 726. The smallest absolute Gasteiger partial charge is 0.225 e. The first-order valence-corrected chi connectivity index (χ1v) is 9.79. The molecule has 1 aliphatic rings. The van der Waals surface area contributed by atoms with Crippen LogP contribution in [0.4, 0.5) is 5.95 Å². The van der Waals surface area contributed by atoms with Crippen molar-refractivity contribution in [3.8, 4) is 0 Å². The molecular weight excluding hydrogens is 463 g/mol. The maximum absolute atomic E-state index is 4.92. The minimum atomic E-state index is 0. The van der Waals surface area contributed by atoms with E-state index >= 15 is 0 Å². The Morgan fingerprint density at radius 3 is 2.36 bits per heavy atom. The zero-order valence-electron chi connectivity index (χ0n) is 17.0. The second-order valence-electron chi connectivity index (χ2n) is 7.03. The number of aromatic nitrogens is 2. The summed E-state index contributed by atoms with van der Waals surface area (Å²) < 4.78 is 0. The van der Waals surface area contributed by atoms with Gasteiger partial charge in [0, 0.05) is 57.6 Å². The predicted molar refractivity (Wildman–Crippen MR) is 127 cm³/mol. The van der Waals surface area contributed by atoms with Crippen molar-refractivity contribution in [2.75, 3.05) is 44.2 Å². The van der Waals surface area contributed by atoms with Crippen LogP contribution in [-0.4, -0.2) is 60.1 Å². The lowest BCUT2D eigenvalue weighted by atomic mass is 10.0. The third-order valence-corrected chi connectivity index (χ3v) is 4.91. The van der Waals surface area contributed by atoms with Gasteiger partial charge in [-0.05, 0) is 25.5 Å². The minimum Gasteiger partial charge on any atom is -0.357 e. The highest BCUT2D eigenvalue weighted by molar-refractivity contribution is 14.0. The Morgan fingerprint density at radius 1 is 1.11 bits per heavy atom. The van der Waals surface area contributed by atoms with Gasteiger partial charge in [-0.2, -0.15) is 0 Å². The molecule has 28 heavy (non-hydrogen) atoms. The summed E-state index contributed by atoms with van der Waals surface area (Å²) in [7, 11) is 0. The van der Waals surface area contributed by atoms with Gasteiger partial charge in [0.25, 0.3) is 0 Å². The summed E-state index contributed by atoms with van der Waals surface area (Å²) >= 11 is 0. The summed E-state index contributed by atoms with van der Waals surface area (Å²) in [5.41, 5.74) is 2.63. The molecule has 2 aromatic rings. The number of aliphatic imine (C=N–C) groups is 1. The molecule has 152 valence electrons. The fourth-order valence-electron chi connectivity index (χ4n) is 3.22. The number of anilines is 1. The molecule has 0 spiro atoms. The van der Waals surface area contributed by atoms with E-state index in [-0.39, 0.29) is 24.0 Å². The molecular formula is C21H31IN6. The number of benzene rings is 1. The van der Waals surface area contributed by atoms with E-state index in [4.69, 9.17) is 4.99 Å². The zero-order chi connectivity index (χ0) is 19.1. The third-order valence-electron chi connectivity index (χ3n) is 4.91. The summed E-state index contributed by atoms with van der Waals surface area (Å²) in [4.78, 5) is 18.2. The maximum atomic E-state index is 4.92. The molecule has 1 aromatic carbocycles. The highest BCUT2D eigenvalue weighted by atomic mass is 127. The van der Waals surface area contributed by atoms with E-state index in [0.717, 1.165) is 51.2 Å². The van der Waals surface area contributed by atoms with Gasteiger partial charge in [0.2, 0.25) is 5.95 Å². The van der Waals surface area contributed by atoms with Gasteiger partial charge in [0.05, 0.1) is 0 Å². The molecule has 0 amide bonds. The fraction of sp³-hybridized carbons (Fsp3) is 0.476. The van der Waals surface area contributed by atoms with Gasteiger partial charge in [0.15, 0.2) is 5.96 Å². The Balaban J connectivity index is 0.00000280. The van der Waals surface area contributed by atoms with Crippen LogP contribution < -0.4 is 10.2 Å². The number of aryl methyl sites for hydroxylation is 1. The molecule has 0 radical (unpaired) electrons. The van der Waals surface area contributed by atoms with Crippen LogP contribution in [0.25, 0.3) is 0 Å². The van der Waals surface area contributed by atoms with Gasteiger partial charge in [-0.3, -0.25) is 4.99 Å². The first-order valence-electron chi connectivity index (χ1n) is 9.79. The lowest BCUT2D eigenvalue weighted by Crippen LogP contribution is -2.53. The van der Waals surface area contributed by atoms with E-state index in [1.807, 2.05) is 6.07 Å². The average molecular weight is 494 g/mol. The highest BCUT2D eigenvalue weighted by Crippen LogP contribution is 2.16. The van der Waals surface area contributed by atoms with Crippen LogP contribution in [0, 0.1) is 6.92 Å². The molecule has 6 nitrogen and oxygen atoms in total. The number of hydrogen-bond acceptors (Lipinski definition) is 4. The molecule has 1 saturated heterocycles. The number of nitrogens with one attached hydrogen (secondary N) is 1. The number of nitrogens with zero attached hydrogens (tertiary/aromatic N) is 5. The molecule has 2 heterocycles.